The molecule has 3 heteroatoms. The smallest absolute Gasteiger partial charge is 0.256 e. The molecule has 0 bridgehead atoms. The van der Waals surface area contributed by atoms with E-state index in [9.17, 15) is 9.90 Å². The molecule has 0 saturated carbocycles. The second-order valence-corrected chi connectivity index (χ2v) is 4.08. The van der Waals surface area contributed by atoms with E-state index in [0.29, 0.717) is 11.1 Å². The summed E-state index contributed by atoms with van der Waals surface area (Å²) < 4.78 is 0. The molecule has 1 amide bonds. The number of carbonyl (C=O) groups excluding carboxylic acids is 1. The Labute approximate surface area is 92.9 Å². The molecule has 0 saturated heterocycles. The fourth-order valence-corrected chi connectivity index (χ4v) is 2.17. The first kappa shape index (κ1) is 9.36. The first-order valence-electron chi connectivity index (χ1n) is 5.16. The highest BCUT2D eigenvalue weighted by molar-refractivity contribution is 6.02. The van der Waals surface area contributed by atoms with Crippen molar-refractivity contribution in [1.82, 2.24) is 4.90 Å². The van der Waals surface area contributed by atoms with Crippen LogP contribution < -0.4 is 0 Å². The number of hydrogen-bond donors (Lipinski definition) is 1. The van der Waals surface area contributed by atoms with Crippen LogP contribution >= 0.6 is 0 Å². The minimum Gasteiger partial charge on any atom is -0.369 e. The molecule has 16 heavy (non-hydrogen) atoms. The lowest BCUT2D eigenvalue weighted by Gasteiger charge is -2.13. The van der Waals surface area contributed by atoms with Crippen LogP contribution in [-0.2, 0) is 0 Å². The van der Waals surface area contributed by atoms with E-state index >= 15 is 0 Å². The summed E-state index contributed by atoms with van der Waals surface area (Å²) in [5, 5.41) is 12.0. The zero-order chi connectivity index (χ0) is 11.3. The lowest BCUT2D eigenvalue weighted by atomic mass is 10.0. The molecular weight excluding hydrogens is 202 g/mol. The maximum absolute atomic E-state index is 11.8. The van der Waals surface area contributed by atoms with Gasteiger partial charge in [0.15, 0.2) is 6.23 Å². The third kappa shape index (κ3) is 1.09. The summed E-state index contributed by atoms with van der Waals surface area (Å²) in [4.78, 5) is 13.2. The van der Waals surface area contributed by atoms with E-state index in [1.165, 1.54) is 4.90 Å². The Morgan fingerprint density at radius 1 is 1.19 bits per heavy atom. The van der Waals surface area contributed by atoms with Crippen molar-refractivity contribution < 1.29 is 9.90 Å². The van der Waals surface area contributed by atoms with Gasteiger partial charge in [-0.15, -0.1) is 0 Å². The lowest BCUT2D eigenvalue weighted by molar-refractivity contribution is 0.0302. The molecule has 0 aliphatic carbocycles. The van der Waals surface area contributed by atoms with Crippen molar-refractivity contribution in [2.45, 2.75) is 6.23 Å². The van der Waals surface area contributed by atoms with Crippen LogP contribution in [0.25, 0.3) is 10.8 Å². The molecule has 1 unspecified atom stereocenters. The molecular formula is C13H11NO2. The van der Waals surface area contributed by atoms with Gasteiger partial charge in [0.05, 0.1) is 0 Å². The van der Waals surface area contributed by atoms with Gasteiger partial charge in [0.2, 0.25) is 0 Å². The SMILES string of the molecule is CN1C(=O)c2cc3ccccc3cc2C1O. The van der Waals surface area contributed by atoms with Crippen LogP contribution in [0.15, 0.2) is 36.4 Å². The highest BCUT2D eigenvalue weighted by atomic mass is 16.3. The summed E-state index contributed by atoms with van der Waals surface area (Å²) in [6, 6.07) is 11.6. The Balaban J connectivity index is 2.34. The normalized spacial score (nSPS) is 19.2. The molecule has 1 heterocycles. The highest BCUT2D eigenvalue weighted by Gasteiger charge is 2.32. The molecule has 1 aliphatic rings. The van der Waals surface area contributed by atoms with Gasteiger partial charge in [-0.05, 0) is 22.9 Å². The first-order valence-corrected chi connectivity index (χ1v) is 5.16. The molecule has 0 spiro atoms. The zero-order valence-corrected chi connectivity index (χ0v) is 8.84. The third-order valence-corrected chi connectivity index (χ3v) is 3.11. The molecule has 0 fully saturated rings. The van der Waals surface area contributed by atoms with Crippen LogP contribution in [0.4, 0.5) is 0 Å². The second-order valence-electron chi connectivity index (χ2n) is 4.08. The third-order valence-electron chi connectivity index (χ3n) is 3.11. The Morgan fingerprint density at radius 2 is 1.81 bits per heavy atom. The minimum absolute atomic E-state index is 0.117. The molecule has 1 atom stereocenters. The van der Waals surface area contributed by atoms with Crippen molar-refractivity contribution in [3.63, 3.8) is 0 Å². The van der Waals surface area contributed by atoms with Crippen molar-refractivity contribution >= 4 is 16.7 Å². The van der Waals surface area contributed by atoms with Gasteiger partial charge in [0.25, 0.3) is 5.91 Å². The molecule has 1 N–H and O–H groups in total. The molecule has 1 aliphatic heterocycles. The highest BCUT2D eigenvalue weighted by Crippen LogP contribution is 2.33. The largest absolute Gasteiger partial charge is 0.369 e. The van der Waals surface area contributed by atoms with Crippen LogP contribution in [0.2, 0.25) is 0 Å². The summed E-state index contributed by atoms with van der Waals surface area (Å²) >= 11 is 0. The number of carbonyl (C=O) groups is 1. The molecule has 0 radical (unpaired) electrons. The fourth-order valence-electron chi connectivity index (χ4n) is 2.17. The average molecular weight is 213 g/mol. The second kappa shape index (κ2) is 3.06. The monoisotopic (exact) mass is 213 g/mol. The summed E-state index contributed by atoms with van der Waals surface area (Å²) in [6.07, 6.45) is -0.813. The maximum atomic E-state index is 11.8. The molecule has 2 aromatic carbocycles. The quantitative estimate of drug-likeness (QED) is 0.726. The van der Waals surface area contributed by atoms with Crippen molar-refractivity contribution in [1.29, 1.82) is 0 Å². The lowest BCUT2D eigenvalue weighted by Crippen LogP contribution is -2.22. The van der Waals surface area contributed by atoms with Crippen LogP contribution in [0.3, 0.4) is 0 Å². The van der Waals surface area contributed by atoms with E-state index in [-0.39, 0.29) is 5.91 Å². The Kier molecular flexibility index (Phi) is 1.79. The summed E-state index contributed by atoms with van der Waals surface area (Å²) in [6.45, 7) is 0. The first-order chi connectivity index (χ1) is 7.68. The Morgan fingerprint density at radius 3 is 2.50 bits per heavy atom. The van der Waals surface area contributed by atoms with E-state index < -0.39 is 6.23 Å². The average Bonchev–Trinajstić information content (AvgIpc) is 2.52. The zero-order valence-electron chi connectivity index (χ0n) is 8.84. The van der Waals surface area contributed by atoms with Gasteiger partial charge in [-0.3, -0.25) is 4.79 Å². The van der Waals surface area contributed by atoms with Crippen molar-refractivity contribution in [2.75, 3.05) is 7.05 Å². The number of aliphatic hydroxyl groups excluding tert-OH is 1. The summed E-state index contributed by atoms with van der Waals surface area (Å²) in [5.41, 5.74) is 1.31. The number of nitrogens with zero attached hydrogens (tertiary/aromatic N) is 1. The Bertz CT molecular complexity index is 592. The maximum Gasteiger partial charge on any atom is 0.256 e. The predicted octanol–water partition coefficient (Wildman–Crippen LogP) is 1.92. The van der Waals surface area contributed by atoms with Crippen LogP contribution in [-0.4, -0.2) is 23.0 Å². The number of hydrogen-bond acceptors (Lipinski definition) is 2. The molecule has 0 aromatic heterocycles. The van der Waals surface area contributed by atoms with E-state index in [0.717, 1.165) is 10.8 Å². The molecule has 3 nitrogen and oxygen atoms in total. The molecule has 2 aromatic rings. The fraction of sp³-hybridized carbons (Fsp3) is 0.154. The molecule has 3 rings (SSSR count). The molecule has 80 valence electrons. The minimum atomic E-state index is -0.813. The van der Waals surface area contributed by atoms with Crippen molar-refractivity contribution in [3.05, 3.63) is 47.5 Å². The van der Waals surface area contributed by atoms with Gasteiger partial charge in [-0.1, -0.05) is 24.3 Å². The van der Waals surface area contributed by atoms with Gasteiger partial charge in [-0.2, -0.15) is 0 Å². The van der Waals surface area contributed by atoms with Gasteiger partial charge in [0, 0.05) is 18.2 Å². The van der Waals surface area contributed by atoms with Crippen molar-refractivity contribution in [2.24, 2.45) is 0 Å². The van der Waals surface area contributed by atoms with Crippen LogP contribution in [0.1, 0.15) is 22.1 Å². The van der Waals surface area contributed by atoms with E-state index in [1.54, 1.807) is 7.05 Å². The van der Waals surface area contributed by atoms with Gasteiger partial charge >= 0.3 is 0 Å². The Hall–Kier alpha value is -1.87. The predicted molar refractivity (Wildman–Crippen MR) is 61.0 cm³/mol. The number of fused-ring (bicyclic) bond motifs is 2. The number of aliphatic hydroxyl groups is 1. The summed E-state index contributed by atoms with van der Waals surface area (Å²) in [7, 11) is 1.61. The van der Waals surface area contributed by atoms with Crippen molar-refractivity contribution in [3.8, 4) is 0 Å². The standard InChI is InChI=1S/C13H11NO2/c1-14-12(15)10-6-8-4-2-3-5-9(8)7-11(10)13(14)16/h2-7,12,15H,1H3. The van der Waals surface area contributed by atoms with E-state index in [1.807, 2.05) is 36.4 Å². The van der Waals surface area contributed by atoms with E-state index in [2.05, 4.69) is 0 Å². The number of benzene rings is 2. The number of rotatable bonds is 0. The van der Waals surface area contributed by atoms with Gasteiger partial charge in [-0.25, -0.2) is 0 Å². The van der Waals surface area contributed by atoms with E-state index in [4.69, 9.17) is 0 Å². The van der Waals surface area contributed by atoms with Gasteiger partial charge < -0.3 is 10.0 Å². The van der Waals surface area contributed by atoms with Gasteiger partial charge in [0.1, 0.15) is 0 Å². The topological polar surface area (TPSA) is 40.5 Å². The van der Waals surface area contributed by atoms with Crippen LogP contribution in [0.5, 0.6) is 0 Å². The van der Waals surface area contributed by atoms with Crippen LogP contribution in [0, 0.1) is 0 Å². The summed E-state index contributed by atoms with van der Waals surface area (Å²) in [5.74, 6) is -0.117. The number of amides is 1.